The highest BCUT2D eigenvalue weighted by molar-refractivity contribution is 7.13. The smallest absolute Gasteiger partial charge is 0.406 e. The van der Waals surface area contributed by atoms with Crippen LogP contribution in [0.1, 0.15) is 5.56 Å². The Morgan fingerprint density at radius 3 is 2.83 bits per heavy atom. The molecule has 0 bridgehead atoms. The van der Waals surface area contributed by atoms with Crippen molar-refractivity contribution in [3.05, 3.63) is 53.5 Å². The van der Waals surface area contributed by atoms with Crippen molar-refractivity contribution in [1.29, 1.82) is 0 Å². The summed E-state index contributed by atoms with van der Waals surface area (Å²) < 4.78 is 40.6. The molecule has 3 aromatic rings. The third-order valence-corrected chi connectivity index (χ3v) is 3.92. The number of rotatable bonds is 5. The van der Waals surface area contributed by atoms with Gasteiger partial charge in [0.05, 0.1) is 16.8 Å². The summed E-state index contributed by atoms with van der Waals surface area (Å²) in [6, 6.07) is 9.65. The van der Waals surface area contributed by atoms with Crippen molar-refractivity contribution in [3.63, 3.8) is 0 Å². The summed E-state index contributed by atoms with van der Waals surface area (Å²) in [6.45, 7) is 0.430. The number of anilines is 1. The van der Waals surface area contributed by atoms with Crippen LogP contribution in [-0.4, -0.2) is 16.6 Å². The second-order valence-electron chi connectivity index (χ2n) is 4.68. The molecule has 23 heavy (non-hydrogen) atoms. The number of nitrogens with one attached hydrogen (secondary N) is 2. The van der Waals surface area contributed by atoms with Crippen molar-refractivity contribution in [2.75, 3.05) is 5.32 Å². The quantitative estimate of drug-likeness (QED) is 0.711. The molecule has 0 radical (unpaired) electrons. The predicted molar refractivity (Wildman–Crippen MR) is 82.4 cm³/mol. The third-order valence-electron chi connectivity index (χ3n) is 3.04. The number of alkyl halides is 3. The number of aromatic amines is 1. The van der Waals surface area contributed by atoms with Crippen LogP contribution < -0.4 is 10.1 Å². The van der Waals surface area contributed by atoms with E-state index in [2.05, 4.69) is 20.3 Å². The van der Waals surface area contributed by atoms with Gasteiger partial charge in [-0.2, -0.15) is 5.10 Å². The van der Waals surface area contributed by atoms with Gasteiger partial charge in [-0.15, -0.1) is 24.5 Å². The molecule has 2 N–H and O–H groups in total. The highest BCUT2D eigenvalue weighted by Crippen LogP contribution is 2.28. The molecular formula is C15H12F3N3OS. The molecule has 120 valence electrons. The number of thiophene rings is 1. The molecule has 0 fully saturated rings. The molecule has 0 amide bonds. The number of aromatic nitrogens is 2. The fourth-order valence-corrected chi connectivity index (χ4v) is 2.84. The van der Waals surface area contributed by atoms with Crippen LogP contribution in [-0.2, 0) is 6.54 Å². The van der Waals surface area contributed by atoms with Gasteiger partial charge in [-0.1, -0.05) is 12.1 Å². The maximum Gasteiger partial charge on any atom is 0.573 e. The lowest BCUT2D eigenvalue weighted by atomic mass is 10.2. The predicted octanol–water partition coefficient (Wildman–Crippen LogP) is 4.65. The maximum absolute atomic E-state index is 12.2. The van der Waals surface area contributed by atoms with Gasteiger partial charge in [0, 0.05) is 23.9 Å². The van der Waals surface area contributed by atoms with Gasteiger partial charge in [-0.3, -0.25) is 5.10 Å². The molecule has 1 aromatic carbocycles. The fraction of sp³-hybridized carbons (Fsp3) is 0.133. The standard InChI is InChI=1S/C15H12F3N3OS/c16-15(17,18)22-12-4-1-3-11(7-12)19-8-10-9-20-21-14(10)13-5-2-6-23-13/h1-7,9,19H,8H2,(H,20,21). The number of halogens is 3. The summed E-state index contributed by atoms with van der Waals surface area (Å²) in [7, 11) is 0. The van der Waals surface area contributed by atoms with Gasteiger partial charge >= 0.3 is 6.36 Å². The van der Waals surface area contributed by atoms with Gasteiger partial charge in [-0.25, -0.2) is 0 Å². The molecule has 0 atom stereocenters. The van der Waals surface area contributed by atoms with Crippen molar-refractivity contribution in [2.45, 2.75) is 12.9 Å². The van der Waals surface area contributed by atoms with E-state index in [9.17, 15) is 13.2 Å². The second kappa shape index (κ2) is 6.33. The fourth-order valence-electron chi connectivity index (χ4n) is 2.08. The molecule has 0 unspecified atom stereocenters. The zero-order valence-electron chi connectivity index (χ0n) is 11.7. The molecule has 8 heteroatoms. The van der Waals surface area contributed by atoms with E-state index in [1.54, 1.807) is 23.6 Å². The van der Waals surface area contributed by atoms with E-state index in [-0.39, 0.29) is 5.75 Å². The van der Waals surface area contributed by atoms with E-state index in [4.69, 9.17) is 0 Å². The van der Waals surface area contributed by atoms with E-state index < -0.39 is 6.36 Å². The Morgan fingerprint density at radius 2 is 2.09 bits per heavy atom. The van der Waals surface area contributed by atoms with Crippen LogP contribution in [0.15, 0.2) is 48.0 Å². The first-order valence-corrected chi connectivity index (χ1v) is 7.55. The molecular weight excluding hydrogens is 327 g/mol. The average Bonchev–Trinajstić information content (AvgIpc) is 3.14. The molecule has 0 aliphatic rings. The number of hydrogen-bond acceptors (Lipinski definition) is 4. The number of nitrogens with zero attached hydrogens (tertiary/aromatic N) is 1. The minimum atomic E-state index is -4.70. The van der Waals surface area contributed by atoms with Crippen molar-refractivity contribution in [3.8, 4) is 16.3 Å². The molecule has 0 saturated carbocycles. The Morgan fingerprint density at radius 1 is 1.22 bits per heavy atom. The summed E-state index contributed by atoms with van der Waals surface area (Å²) >= 11 is 1.58. The van der Waals surface area contributed by atoms with Crippen LogP contribution in [0.4, 0.5) is 18.9 Å². The van der Waals surface area contributed by atoms with Crippen LogP contribution in [0.3, 0.4) is 0 Å². The third kappa shape index (κ3) is 4.04. The lowest BCUT2D eigenvalue weighted by Crippen LogP contribution is -2.17. The molecule has 0 spiro atoms. The van der Waals surface area contributed by atoms with Crippen LogP contribution in [0.5, 0.6) is 5.75 Å². The lowest BCUT2D eigenvalue weighted by Gasteiger charge is -2.11. The Hall–Kier alpha value is -2.48. The number of H-pyrrole nitrogens is 1. The Kier molecular flexibility index (Phi) is 4.24. The molecule has 3 rings (SSSR count). The molecule has 2 heterocycles. The largest absolute Gasteiger partial charge is 0.573 e. The molecule has 4 nitrogen and oxygen atoms in total. The van der Waals surface area contributed by atoms with E-state index in [1.807, 2.05) is 17.5 Å². The van der Waals surface area contributed by atoms with E-state index in [0.717, 1.165) is 16.1 Å². The van der Waals surface area contributed by atoms with Gasteiger partial charge in [-0.05, 0) is 23.6 Å². The van der Waals surface area contributed by atoms with Gasteiger partial charge in [0.1, 0.15) is 5.75 Å². The van der Waals surface area contributed by atoms with Crippen LogP contribution in [0.2, 0.25) is 0 Å². The minimum Gasteiger partial charge on any atom is -0.406 e. The number of benzene rings is 1. The first kappa shape index (κ1) is 15.4. The summed E-state index contributed by atoms with van der Waals surface area (Å²) in [5.41, 5.74) is 2.36. The monoisotopic (exact) mass is 339 g/mol. The minimum absolute atomic E-state index is 0.256. The summed E-state index contributed by atoms with van der Waals surface area (Å²) in [6.07, 6.45) is -3.01. The Bertz CT molecular complexity index is 768. The van der Waals surface area contributed by atoms with E-state index in [0.29, 0.717) is 12.2 Å². The van der Waals surface area contributed by atoms with Crippen LogP contribution >= 0.6 is 11.3 Å². The summed E-state index contributed by atoms with van der Waals surface area (Å²) in [5, 5.41) is 12.0. The van der Waals surface area contributed by atoms with E-state index >= 15 is 0 Å². The average molecular weight is 339 g/mol. The van der Waals surface area contributed by atoms with Gasteiger partial charge in [0.15, 0.2) is 0 Å². The Labute approximate surface area is 133 Å². The van der Waals surface area contributed by atoms with Crippen molar-refractivity contribution < 1.29 is 17.9 Å². The highest BCUT2D eigenvalue weighted by Gasteiger charge is 2.31. The molecule has 0 saturated heterocycles. The topological polar surface area (TPSA) is 49.9 Å². The zero-order chi connectivity index (χ0) is 16.3. The molecule has 0 aliphatic heterocycles. The summed E-state index contributed by atoms with van der Waals surface area (Å²) in [4.78, 5) is 1.05. The number of hydrogen-bond donors (Lipinski definition) is 2. The SMILES string of the molecule is FC(F)(F)Oc1cccc(NCc2cn[nH]c2-c2cccs2)c1. The van der Waals surface area contributed by atoms with Crippen LogP contribution in [0, 0.1) is 0 Å². The van der Waals surface area contributed by atoms with Gasteiger partial charge < -0.3 is 10.1 Å². The van der Waals surface area contributed by atoms with Crippen LogP contribution in [0.25, 0.3) is 10.6 Å². The second-order valence-corrected chi connectivity index (χ2v) is 5.62. The molecule has 2 aromatic heterocycles. The Balaban J connectivity index is 1.70. The first-order chi connectivity index (χ1) is 11.0. The lowest BCUT2D eigenvalue weighted by molar-refractivity contribution is -0.274. The van der Waals surface area contributed by atoms with E-state index in [1.165, 1.54) is 18.2 Å². The highest BCUT2D eigenvalue weighted by atomic mass is 32.1. The summed E-state index contributed by atoms with van der Waals surface area (Å²) in [5.74, 6) is -0.256. The van der Waals surface area contributed by atoms with Crippen molar-refractivity contribution in [1.82, 2.24) is 10.2 Å². The zero-order valence-corrected chi connectivity index (χ0v) is 12.5. The van der Waals surface area contributed by atoms with Gasteiger partial charge in [0.25, 0.3) is 0 Å². The maximum atomic E-state index is 12.2. The molecule has 0 aliphatic carbocycles. The number of ether oxygens (including phenoxy) is 1. The normalized spacial score (nSPS) is 11.4. The first-order valence-electron chi connectivity index (χ1n) is 6.67. The van der Waals surface area contributed by atoms with Crippen molar-refractivity contribution >= 4 is 17.0 Å². The van der Waals surface area contributed by atoms with Gasteiger partial charge in [0.2, 0.25) is 0 Å². The van der Waals surface area contributed by atoms with Crippen molar-refractivity contribution in [2.24, 2.45) is 0 Å².